The number of aliphatic hydroxyl groups is 1. The van der Waals surface area contributed by atoms with Crippen LogP contribution in [0.15, 0.2) is 0 Å². The normalized spacial score (nSPS) is 22.2. The molecule has 0 heterocycles. The van der Waals surface area contributed by atoms with E-state index in [-0.39, 0.29) is 0 Å². The third-order valence-electron chi connectivity index (χ3n) is 1.97. The van der Waals surface area contributed by atoms with Crippen molar-refractivity contribution in [2.24, 2.45) is 5.92 Å². The van der Waals surface area contributed by atoms with Crippen molar-refractivity contribution in [2.75, 3.05) is 0 Å². The van der Waals surface area contributed by atoms with Crippen LogP contribution in [0.25, 0.3) is 0 Å². The lowest BCUT2D eigenvalue weighted by atomic mass is 9.81. The Bertz CT molecular complexity index is 119. The molecule has 0 amide bonds. The summed E-state index contributed by atoms with van der Waals surface area (Å²) in [6.45, 7) is 0. The average molecular weight is 124 g/mol. The fourth-order valence-electron chi connectivity index (χ4n) is 1.11. The molecule has 0 aromatic heterocycles. The summed E-state index contributed by atoms with van der Waals surface area (Å²) < 4.78 is 0. The highest BCUT2D eigenvalue weighted by Crippen LogP contribution is 2.30. The molecule has 1 heteroatoms. The summed E-state index contributed by atoms with van der Waals surface area (Å²) in [5.74, 6) is 3.04. The zero-order valence-corrected chi connectivity index (χ0v) is 5.51. The Morgan fingerprint density at radius 2 is 2.33 bits per heavy atom. The van der Waals surface area contributed by atoms with E-state index in [0.717, 1.165) is 12.3 Å². The smallest absolute Gasteiger partial charge is 0.114 e. The fourth-order valence-corrected chi connectivity index (χ4v) is 1.11. The monoisotopic (exact) mass is 124 g/mol. The zero-order chi connectivity index (χ0) is 6.69. The lowest BCUT2D eigenvalue weighted by Gasteiger charge is -2.25. The van der Waals surface area contributed by atoms with E-state index in [4.69, 9.17) is 11.5 Å². The van der Waals surface area contributed by atoms with Gasteiger partial charge in [-0.2, -0.15) is 0 Å². The molecule has 1 aliphatic carbocycles. The van der Waals surface area contributed by atoms with Gasteiger partial charge < -0.3 is 5.11 Å². The van der Waals surface area contributed by atoms with Crippen LogP contribution in [0, 0.1) is 18.3 Å². The van der Waals surface area contributed by atoms with Crippen molar-refractivity contribution in [3.8, 4) is 12.3 Å². The van der Waals surface area contributed by atoms with Crippen LogP contribution < -0.4 is 0 Å². The van der Waals surface area contributed by atoms with E-state index in [1.165, 1.54) is 19.3 Å². The molecule has 1 aliphatic rings. The number of terminal acetylenes is 1. The third-order valence-corrected chi connectivity index (χ3v) is 1.97. The summed E-state index contributed by atoms with van der Waals surface area (Å²) in [4.78, 5) is 0. The number of hydrogen-bond donors (Lipinski definition) is 1. The van der Waals surface area contributed by atoms with Crippen LogP contribution >= 0.6 is 0 Å². The molecule has 0 aromatic rings. The molecule has 1 unspecified atom stereocenters. The van der Waals surface area contributed by atoms with Crippen LogP contribution in [0.2, 0.25) is 0 Å². The minimum absolute atomic E-state index is 0.490. The number of rotatable bonds is 2. The highest BCUT2D eigenvalue weighted by atomic mass is 16.3. The molecule has 0 aliphatic heterocycles. The molecule has 0 radical (unpaired) electrons. The SMILES string of the molecule is C#CC(O)CC1CCC1. The minimum Gasteiger partial charge on any atom is -0.380 e. The molecular weight excluding hydrogens is 112 g/mol. The Morgan fingerprint density at radius 3 is 2.67 bits per heavy atom. The molecule has 0 spiro atoms. The van der Waals surface area contributed by atoms with Gasteiger partial charge in [-0.1, -0.05) is 25.2 Å². The first kappa shape index (κ1) is 6.64. The summed E-state index contributed by atoms with van der Waals surface area (Å²) in [6, 6.07) is 0. The van der Waals surface area contributed by atoms with Gasteiger partial charge in [0.05, 0.1) is 0 Å². The summed E-state index contributed by atoms with van der Waals surface area (Å²) >= 11 is 0. The van der Waals surface area contributed by atoms with Gasteiger partial charge in [0.15, 0.2) is 0 Å². The van der Waals surface area contributed by atoms with Gasteiger partial charge in [-0.3, -0.25) is 0 Å². The standard InChI is InChI=1S/C8H12O/c1-2-8(9)6-7-4-3-5-7/h1,7-9H,3-6H2. The maximum Gasteiger partial charge on any atom is 0.114 e. The van der Waals surface area contributed by atoms with Crippen molar-refractivity contribution >= 4 is 0 Å². The number of hydrogen-bond acceptors (Lipinski definition) is 1. The zero-order valence-electron chi connectivity index (χ0n) is 5.51. The van der Waals surface area contributed by atoms with Crippen molar-refractivity contribution in [3.05, 3.63) is 0 Å². The summed E-state index contributed by atoms with van der Waals surface area (Å²) in [5.41, 5.74) is 0. The molecule has 1 atom stereocenters. The third kappa shape index (κ3) is 1.73. The van der Waals surface area contributed by atoms with Gasteiger partial charge >= 0.3 is 0 Å². The molecule has 1 fully saturated rings. The molecule has 1 saturated carbocycles. The molecule has 0 saturated heterocycles. The fraction of sp³-hybridized carbons (Fsp3) is 0.750. The van der Waals surface area contributed by atoms with Crippen molar-refractivity contribution in [2.45, 2.75) is 31.8 Å². The number of aliphatic hydroxyl groups excluding tert-OH is 1. The van der Waals surface area contributed by atoms with E-state index in [1.807, 2.05) is 0 Å². The Hall–Kier alpha value is -0.480. The molecule has 50 valence electrons. The predicted molar refractivity (Wildman–Crippen MR) is 36.8 cm³/mol. The summed E-state index contributed by atoms with van der Waals surface area (Å²) in [5, 5.41) is 8.96. The van der Waals surface area contributed by atoms with Crippen molar-refractivity contribution in [1.29, 1.82) is 0 Å². The summed E-state index contributed by atoms with van der Waals surface area (Å²) in [7, 11) is 0. The Balaban J connectivity index is 2.10. The van der Waals surface area contributed by atoms with E-state index in [2.05, 4.69) is 5.92 Å². The Kier molecular flexibility index (Phi) is 2.13. The van der Waals surface area contributed by atoms with Crippen molar-refractivity contribution in [1.82, 2.24) is 0 Å². The maximum absolute atomic E-state index is 8.96. The van der Waals surface area contributed by atoms with Crippen LogP contribution in [0.1, 0.15) is 25.7 Å². The van der Waals surface area contributed by atoms with Gasteiger partial charge in [0.1, 0.15) is 6.10 Å². The van der Waals surface area contributed by atoms with Gasteiger partial charge in [0, 0.05) is 0 Å². The lowest BCUT2D eigenvalue weighted by molar-refractivity contribution is 0.161. The largest absolute Gasteiger partial charge is 0.380 e. The van der Waals surface area contributed by atoms with Crippen molar-refractivity contribution in [3.63, 3.8) is 0 Å². The molecule has 9 heavy (non-hydrogen) atoms. The minimum atomic E-state index is -0.490. The summed E-state index contributed by atoms with van der Waals surface area (Å²) in [6.07, 6.45) is 9.17. The predicted octanol–water partition coefficient (Wildman–Crippen LogP) is 1.17. The second kappa shape index (κ2) is 2.89. The molecular formula is C8H12O. The van der Waals surface area contributed by atoms with Gasteiger partial charge in [0.2, 0.25) is 0 Å². The van der Waals surface area contributed by atoms with Crippen LogP contribution in [0.4, 0.5) is 0 Å². The topological polar surface area (TPSA) is 20.2 Å². The average Bonchev–Trinajstić information content (AvgIpc) is 1.78. The molecule has 1 nitrogen and oxygen atoms in total. The first-order valence-corrected chi connectivity index (χ1v) is 3.47. The molecule has 1 N–H and O–H groups in total. The first-order chi connectivity index (χ1) is 4.33. The van der Waals surface area contributed by atoms with Crippen LogP contribution in [0.3, 0.4) is 0 Å². The van der Waals surface area contributed by atoms with E-state index >= 15 is 0 Å². The van der Waals surface area contributed by atoms with Gasteiger partial charge in [-0.15, -0.1) is 6.42 Å². The maximum atomic E-state index is 8.96. The Labute approximate surface area is 56.1 Å². The van der Waals surface area contributed by atoms with Gasteiger partial charge in [0.25, 0.3) is 0 Å². The molecule has 0 aromatic carbocycles. The Morgan fingerprint density at radius 1 is 1.67 bits per heavy atom. The first-order valence-electron chi connectivity index (χ1n) is 3.47. The highest BCUT2D eigenvalue weighted by molar-refractivity contribution is 4.94. The van der Waals surface area contributed by atoms with E-state index in [1.54, 1.807) is 0 Å². The quantitative estimate of drug-likeness (QED) is 0.548. The second-order valence-electron chi connectivity index (χ2n) is 2.72. The van der Waals surface area contributed by atoms with Crippen LogP contribution in [-0.2, 0) is 0 Å². The lowest BCUT2D eigenvalue weighted by Crippen LogP contribution is -2.17. The van der Waals surface area contributed by atoms with Gasteiger partial charge in [-0.05, 0) is 12.3 Å². The van der Waals surface area contributed by atoms with E-state index < -0.39 is 6.10 Å². The van der Waals surface area contributed by atoms with Crippen LogP contribution in [-0.4, -0.2) is 11.2 Å². The van der Waals surface area contributed by atoms with E-state index in [9.17, 15) is 0 Å². The molecule has 0 bridgehead atoms. The van der Waals surface area contributed by atoms with E-state index in [0.29, 0.717) is 0 Å². The molecule has 1 rings (SSSR count). The second-order valence-corrected chi connectivity index (χ2v) is 2.72. The van der Waals surface area contributed by atoms with Crippen molar-refractivity contribution < 1.29 is 5.11 Å². The highest BCUT2D eigenvalue weighted by Gasteiger charge is 2.19. The van der Waals surface area contributed by atoms with Crippen LogP contribution in [0.5, 0.6) is 0 Å². The van der Waals surface area contributed by atoms with Gasteiger partial charge in [-0.25, -0.2) is 0 Å².